The van der Waals surface area contributed by atoms with Crippen LogP contribution in [0.15, 0.2) is 48.5 Å². The molecule has 0 spiro atoms. The monoisotopic (exact) mass is 370 g/mol. The lowest BCUT2D eigenvalue weighted by Crippen LogP contribution is -2.43. The molecule has 0 aliphatic carbocycles. The van der Waals surface area contributed by atoms with Crippen LogP contribution in [0.25, 0.3) is 0 Å². The maximum absolute atomic E-state index is 13.9. The number of piperidine rings is 1. The van der Waals surface area contributed by atoms with Gasteiger partial charge in [0, 0.05) is 19.7 Å². The van der Waals surface area contributed by atoms with Crippen LogP contribution in [-0.4, -0.2) is 43.1 Å². The summed E-state index contributed by atoms with van der Waals surface area (Å²) in [7, 11) is 3.79. The van der Waals surface area contributed by atoms with Gasteiger partial charge in [-0.05, 0) is 74.3 Å². The number of carbonyl (C=O) groups excluding carboxylic acids is 1. The molecule has 1 heterocycles. The lowest BCUT2D eigenvalue weighted by atomic mass is 9.72. The Morgan fingerprint density at radius 2 is 1.78 bits per heavy atom. The van der Waals surface area contributed by atoms with E-state index in [1.807, 2.05) is 24.3 Å². The maximum atomic E-state index is 13.9. The number of hydrogen-bond acceptors (Lipinski definition) is 3. The highest BCUT2D eigenvalue weighted by Crippen LogP contribution is 2.42. The second-order valence-corrected chi connectivity index (χ2v) is 7.48. The zero-order valence-corrected chi connectivity index (χ0v) is 16.2. The van der Waals surface area contributed by atoms with E-state index in [4.69, 9.17) is 0 Å². The number of hydrogen-bond donors (Lipinski definition) is 1. The smallest absolute Gasteiger partial charge is 0.223 e. The average molecular weight is 370 g/mol. The fourth-order valence-corrected chi connectivity index (χ4v) is 3.91. The Kier molecular flexibility index (Phi) is 5.63. The first kappa shape index (κ1) is 19.5. The normalized spacial score (nSPS) is 18.1. The van der Waals surface area contributed by atoms with Gasteiger partial charge in [0.2, 0.25) is 5.91 Å². The van der Waals surface area contributed by atoms with Gasteiger partial charge < -0.3 is 14.9 Å². The number of nitrogens with zero attached hydrogens (tertiary/aromatic N) is 2. The minimum absolute atomic E-state index is 0.00751. The maximum Gasteiger partial charge on any atom is 0.223 e. The van der Waals surface area contributed by atoms with Crippen LogP contribution in [0.1, 0.15) is 30.9 Å². The highest BCUT2D eigenvalue weighted by molar-refractivity contribution is 5.90. The van der Waals surface area contributed by atoms with Gasteiger partial charge in [-0.2, -0.15) is 0 Å². The summed E-state index contributed by atoms with van der Waals surface area (Å²) in [5, 5.41) is 11.9. The zero-order valence-electron chi connectivity index (χ0n) is 16.2. The number of rotatable bonds is 4. The molecule has 27 heavy (non-hydrogen) atoms. The van der Waals surface area contributed by atoms with E-state index >= 15 is 0 Å². The average Bonchev–Trinajstić information content (AvgIpc) is 2.67. The Balaban J connectivity index is 2.03. The molecule has 2 aromatic carbocycles. The Morgan fingerprint density at radius 1 is 1.15 bits per heavy atom. The van der Waals surface area contributed by atoms with Crippen LogP contribution in [0, 0.1) is 11.7 Å². The lowest BCUT2D eigenvalue weighted by Gasteiger charge is -2.41. The van der Waals surface area contributed by atoms with Crippen molar-refractivity contribution in [2.75, 3.05) is 32.1 Å². The number of amides is 1. The number of benzene rings is 2. The van der Waals surface area contributed by atoms with Crippen molar-refractivity contribution in [2.45, 2.75) is 25.4 Å². The Labute approximate surface area is 160 Å². The fraction of sp³-hybridized carbons (Fsp3) is 0.409. The third-order valence-electron chi connectivity index (χ3n) is 5.74. The number of anilines is 1. The van der Waals surface area contributed by atoms with Crippen molar-refractivity contribution < 1.29 is 14.3 Å². The molecule has 3 rings (SSSR count). The van der Waals surface area contributed by atoms with Crippen molar-refractivity contribution in [3.63, 3.8) is 0 Å². The number of likely N-dealkylation sites (tertiary alicyclic amines) is 1. The van der Waals surface area contributed by atoms with Crippen LogP contribution < -0.4 is 4.90 Å². The largest absolute Gasteiger partial charge is 0.380 e. The van der Waals surface area contributed by atoms with E-state index < -0.39 is 5.60 Å². The van der Waals surface area contributed by atoms with Crippen molar-refractivity contribution >= 4 is 11.6 Å². The minimum Gasteiger partial charge on any atom is -0.380 e. The molecule has 0 bridgehead atoms. The molecule has 144 valence electrons. The predicted octanol–water partition coefficient (Wildman–Crippen LogP) is 3.39. The van der Waals surface area contributed by atoms with Gasteiger partial charge in [0.1, 0.15) is 11.4 Å². The SMILES string of the molecule is CC(=O)N(C)c1ccc(C(O)(c2cccc(F)c2)C2CCN(C)CC2)cc1. The molecule has 0 saturated carbocycles. The third-order valence-corrected chi connectivity index (χ3v) is 5.74. The highest BCUT2D eigenvalue weighted by atomic mass is 19.1. The van der Waals surface area contributed by atoms with Gasteiger partial charge in [-0.15, -0.1) is 0 Å². The highest BCUT2D eigenvalue weighted by Gasteiger charge is 2.41. The molecule has 2 aromatic rings. The van der Waals surface area contributed by atoms with Crippen molar-refractivity contribution in [3.05, 3.63) is 65.5 Å². The quantitative estimate of drug-likeness (QED) is 0.897. The molecule has 1 unspecified atom stereocenters. The Hall–Kier alpha value is -2.24. The van der Waals surface area contributed by atoms with Gasteiger partial charge in [-0.3, -0.25) is 4.79 Å². The van der Waals surface area contributed by atoms with E-state index in [0.29, 0.717) is 5.56 Å². The summed E-state index contributed by atoms with van der Waals surface area (Å²) >= 11 is 0. The van der Waals surface area contributed by atoms with E-state index in [0.717, 1.165) is 37.2 Å². The second kappa shape index (κ2) is 7.79. The summed E-state index contributed by atoms with van der Waals surface area (Å²) < 4.78 is 13.9. The first-order chi connectivity index (χ1) is 12.8. The summed E-state index contributed by atoms with van der Waals surface area (Å²) in [4.78, 5) is 15.4. The Morgan fingerprint density at radius 3 is 2.33 bits per heavy atom. The number of aliphatic hydroxyl groups is 1. The number of halogens is 1. The minimum atomic E-state index is -1.27. The Bertz CT molecular complexity index is 800. The van der Waals surface area contributed by atoms with Crippen LogP contribution >= 0.6 is 0 Å². The van der Waals surface area contributed by atoms with E-state index in [9.17, 15) is 14.3 Å². The predicted molar refractivity (Wildman–Crippen MR) is 105 cm³/mol. The number of carbonyl (C=O) groups is 1. The van der Waals surface area contributed by atoms with Crippen molar-refractivity contribution in [1.82, 2.24) is 4.90 Å². The molecule has 1 N–H and O–H groups in total. The van der Waals surface area contributed by atoms with Crippen LogP contribution in [-0.2, 0) is 10.4 Å². The van der Waals surface area contributed by atoms with E-state index in [2.05, 4.69) is 11.9 Å². The van der Waals surface area contributed by atoms with Crippen LogP contribution in [0.2, 0.25) is 0 Å². The molecule has 1 aliphatic rings. The molecule has 4 nitrogen and oxygen atoms in total. The molecule has 1 amide bonds. The molecule has 5 heteroatoms. The summed E-state index contributed by atoms with van der Waals surface area (Å²) in [6.45, 7) is 3.30. The lowest BCUT2D eigenvalue weighted by molar-refractivity contribution is -0.116. The van der Waals surface area contributed by atoms with Crippen molar-refractivity contribution in [1.29, 1.82) is 0 Å². The van der Waals surface area contributed by atoms with Gasteiger partial charge in [0.05, 0.1) is 0 Å². The fourth-order valence-electron chi connectivity index (χ4n) is 3.91. The second-order valence-electron chi connectivity index (χ2n) is 7.48. The van der Waals surface area contributed by atoms with Gasteiger partial charge in [0.25, 0.3) is 0 Å². The summed E-state index contributed by atoms with van der Waals surface area (Å²) in [5.41, 5.74) is 0.792. The first-order valence-corrected chi connectivity index (χ1v) is 9.34. The van der Waals surface area contributed by atoms with Gasteiger partial charge in [-0.1, -0.05) is 24.3 Å². The molecule has 1 fully saturated rings. The standard InChI is InChI=1S/C22H27FN2O2/c1-16(26)25(3)21-9-7-17(8-10-21)22(27,18-11-13-24(2)14-12-18)19-5-4-6-20(23)15-19/h4-10,15,18,27H,11-14H2,1-3H3. The molecule has 1 atom stereocenters. The van der Waals surface area contributed by atoms with Gasteiger partial charge in [-0.25, -0.2) is 4.39 Å². The van der Waals surface area contributed by atoms with Crippen LogP contribution in [0.4, 0.5) is 10.1 Å². The molecule has 0 radical (unpaired) electrons. The van der Waals surface area contributed by atoms with Crippen LogP contribution in [0.5, 0.6) is 0 Å². The summed E-state index contributed by atoms with van der Waals surface area (Å²) in [6, 6.07) is 13.6. The molecular formula is C22H27FN2O2. The molecule has 0 aromatic heterocycles. The molecule has 1 aliphatic heterocycles. The van der Waals surface area contributed by atoms with Crippen molar-refractivity contribution in [3.8, 4) is 0 Å². The van der Waals surface area contributed by atoms with Gasteiger partial charge >= 0.3 is 0 Å². The van der Waals surface area contributed by atoms with E-state index in [1.54, 1.807) is 24.1 Å². The molecular weight excluding hydrogens is 343 g/mol. The van der Waals surface area contributed by atoms with Gasteiger partial charge in [0.15, 0.2) is 0 Å². The van der Waals surface area contributed by atoms with Crippen LogP contribution in [0.3, 0.4) is 0 Å². The summed E-state index contributed by atoms with van der Waals surface area (Å²) in [6.07, 6.45) is 1.66. The first-order valence-electron chi connectivity index (χ1n) is 9.34. The third kappa shape index (κ3) is 3.89. The van der Waals surface area contributed by atoms with E-state index in [1.165, 1.54) is 19.1 Å². The zero-order chi connectivity index (χ0) is 19.6. The summed E-state index contributed by atoms with van der Waals surface area (Å²) in [5.74, 6) is -0.419. The topological polar surface area (TPSA) is 43.8 Å². The van der Waals surface area contributed by atoms with E-state index in [-0.39, 0.29) is 17.6 Å². The van der Waals surface area contributed by atoms with Crippen molar-refractivity contribution in [2.24, 2.45) is 5.92 Å². The molecule has 1 saturated heterocycles.